The van der Waals surface area contributed by atoms with Gasteiger partial charge in [0.05, 0.1) is 12.0 Å². The lowest BCUT2D eigenvalue weighted by molar-refractivity contribution is -0.137. The van der Waals surface area contributed by atoms with Crippen LogP contribution in [-0.2, 0) is 16.1 Å². The molecule has 0 aliphatic heterocycles. The third-order valence-electron chi connectivity index (χ3n) is 4.11. The maximum atomic E-state index is 12.7. The maximum absolute atomic E-state index is 12.7. The van der Waals surface area contributed by atoms with Crippen LogP contribution in [0.4, 0.5) is 0 Å². The first-order chi connectivity index (χ1) is 12.9. The Kier molecular flexibility index (Phi) is 7.37. The van der Waals surface area contributed by atoms with E-state index in [0.717, 1.165) is 5.56 Å². The van der Waals surface area contributed by atoms with Crippen LogP contribution in [0.5, 0.6) is 11.5 Å². The van der Waals surface area contributed by atoms with Crippen molar-refractivity contribution in [3.05, 3.63) is 59.2 Å². The number of carbonyl (C=O) groups excluding carboxylic acids is 1. The van der Waals surface area contributed by atoms with Gasteiger partial charge in [-0.25, -0.2) is 0 Å². The van der Waals surface area contributed by atoms with Gasteiger partial charge in [-0.15, -0.1) is 0 Å². The molecule has 6 heteroatoms. The Hall–Kier alpha value is -2.86. The van der Waals surface area contributed by atoms with Gasteiger partial charge in [0, 0.05) is 18.6 Å². The van der Waals surface area contributed by atoms with Gasteiger partial charge in [-0.05, 0) is 24.6 Å². The minimum atomic E-state index is -1.02. The number of ketones is 1. The van der Waals surface area contributed by atoms with E-state index in [2.05, 4.69) is 0 Å². The lowest BCUT2D eigenvalue weighted by Crippen LogP contribution is -2.17. The molecule has 2 aromatic rings. The zero-order valence-electron chi connectivity index (χ0n) is 15.7. The molecule has 0 aromatic heterocycles. The van der Waals surface area contributed by atoms with Crippen LogP contribution in [-0.4, -0.2) is 30.8 Å². The van der Waals surface area contributed by atoms with E-state index in [4.69, 9.17) is 19.3 Å². The van der Waals surface area contributed by atoms with Crippen molar-refractivity contribution in [3.8, 4) is 11.5 Å². The van der Waals surface area contributed by atoms with Gasteiger partial charge in [0.2, 0.25) is 0 Å². The highest BCUT2D eigenvalue weighted by molar-refractivity contribution is 6.02. The molecule has 2 rings (SSSR count). The third-order valence-corrected chi connectivity index (χ3v) is 4.11. The second-order valence-corrected chi connectivity index (χ2v) is 6.25. The summed E-state index contributed by atoms with van der Waals surface area (Å²) in [5, 5.41) is 8.94. The molecule has 0 spiro atoms. The van der Waals surface area contributed by atoms with Crippen LogP contribution in [0, 0.1) is 12.8 Å². The Morgan fingerprint density at radius 3 is 2.41 bits per heavy atom. The lowest BCUT2D eigenvalue weighted by Gasteiger charge is -2.18. The summed E-state index contributed by atoms with van der Waals surface area (Å²) in [5.41, 5.74) is 2.01. The summed E-state index contributed by atoms with van der Waals surface area (Å²) < 4.78 is 16.5. The average molecular weight is 372 g/mol. The molecule has 0 saturated heterocycles. The van der Waals surface area contributed by atoms with Gasteiger partial charge in [0.15, 0.2) is 12.6 Å². The standard InChI is InChI=1S/C21H24O6/c1-14(11-19(22)23)20(24)17-9-10-18(15(2)21(17)27-13-25-3)26-12-16-7-5-4-6-8-16/h4-10,14H,11-13H2,1-3H3,(H,22,23). The van der Waals surface area contributed by atoms with E-state index in [1.807, 2.05) is 30.3 Å². The minimum Gasteiger partial charge on any atom is -0.488 e. The fourth-order valence-electron chi connectivity index (χ4n) is 2.68. The summed E-state index contributed by atoms with van der Waals surface area (Å²) >= 11 is 0. The molecule has 0 radical (unpaired) electrons. The molecule has 1 N–H and O–H groups in total. The molecule has 0 aliphatic carbocycles. The zero-order valence-corrected chi connectivity index (χ0v) is 15.7. The second kappa shape index (κ2) is 9.73. The Balaban J connectivity index is 2.28. The van der Waals surface area contributed by atoms with Crippen molar-refractivity contribution in [1.29, 1.82) is 0 Å². The molecule has 2 aromatic carbocycles. The van der Waals surface area contributed by atoms with Gasteiger partial charge in [0.25, 0.3) is 0 Å². The summed E-state index contributed by atoms with van der Waals surface area (Å²) in [5.74, 6) is -1.03. The molecular formula is C21H24O6. The van der Waals surface area contributed by atoms with Crippen molar-refractivity contribution in [2.75, 3.05) is 13.9 Å². The molecule has 144 valence electrons. The number of carbonyl (C=O) groups is 2. The molecule has 0 bridgehead atoms. The first kappa shape index (κ1) is 20.5. The van der Waals surface area contributed by atoms with Crippen LogP contribution in [0.2, 0.25) is 0 Å². The molecule has 1 unspecified atom stereocenters. The van der Waals surface area contributed by atoms with Crippen molar-refractivity contribution >= 4 is 11.8 Å². The first-order valence-electron chi connectivity index (χ1n) is 8.62. The Morgan fingerprint density at radius 2 is 1.78 bits per heavy atom. The predicted molar refractivity (Wildman–Crippen MR) is 100 cm³/mol. The van der Waals surface area contributed by atoms with Gasteiger partial charge in [-0.3, -0.25) is 9.59 Å². The quantitative estimate of drug-likeness (QED) is 0.504. The van der Waals surface area contributed by atoms with Gasteiger partial charge >= 0.3 is 5.97 Å². The van der Waals surface area contributed by atoms with E-state index < -0.39 is 11.9 Å². The number of Topliss-reactive ketones (excluding diaryl/α,β-unsaturated/α-hetero) is 1. The molecule has 0 fully saturated rings. The van der Waals surface area contributed by atoms with Gasteiger partial charge in [-0.1, -0.05) is 37.3 Å². The largest absolute Gasteiger partial charge is 0.488 e. The second-order valence-electron chi connectivity index (χ2n) is 6.25. The fraction of sp³-hybridized carbons (Fsp3) is 0.333. The fourth-order valence-corrected chi connectivity index (χ4v) is 2.68. The number of carboxylic acids is 1. The normalized spacial score (nSPS) is 11.7. The summed E-state index contributed by atoms with van der Waals surface area (Å²) in [6, 6.07) is 13.0. The van der Waals surface area contributed by atoms with E-state index in [-0.39, 0.29) is 19.0 Å². The number of methoxy groups -OCH3 is 1. The third kappa shape index (κ3) is 5.56. The van der Waals surface area contributed by atoms with Crippen molar-refractivity contribution < 1.29 is 28.9 Å². The Bertz CT molecular complexity index is 785. The molecule has 1 atom stereocenters. The van der Waals surface area contributed by atoms with Crippen LogP contribution in [0.3, 0.4) is 0 Å². The van der Waals surface area contributed by atoms with E-state index in [1.165, 1.54) is 7.11 Å². The topological polar surface area (TPSA) is 82.1 Å². The predicted octanol–water partition coefficient (Wildman–Crippen LogP) is 3.85. The first-order valence-corrected chi connectivity index (χ1v) is 8.62. The molecule has 27 heavy (non-hydrogen) atoms. The number of ether oxygens (including phenoxy) is 3. The van der Waals surface area contributed by atoms with Crippen LogP contribution < -0.4 is 9.47 Å². The van der Waals surface area contributed by atoms with Crippen molar-refractivity contribution in [2.45, 2.75) is 26.9 Å². The molecule has 0 aliphatic rings. The smallest absolute Gasteiger partial charge is 0.304 e. The highest BCUT2D eigenvalue weighted by Crippen LogP contribution is 2.34. The van der Waals surface area contributed by atoms with Crippen molar-refractivity contribution in [1.82, 2.24) is 0 Å². The van der Waals surface area contributed by atoms with E-state index in [9.17, 15) is 9.59 Å². The number of hydrogen-bond donors (Lipinski definition) is 1. The number of rotatable bonds is 10. The minimum absolute atomic E-state index is 0.0312. The van der Waals surface area contributed by atoms with Crippen LogP contribution in [0.25, 0.3) is 0 Å². The molecule has 6 nitrogen and oxygen atoms in total. The summed E-state index contributed by atoms with van der Waals surface area (Å²) in [6.07, 6.45) is -0.242. The van der Waals surface area contributed by atoms with Crippen molar-refractivity contribution in [3.63, 3.8) is 0 Å². The summed E-state index contributed by atoms with van der Waals surface area (Å²) in [6.45, 7) is 3.74. The van der Waals surface area contributed by atoms with E-state index in [0.29, 0.717) is 29.2 Å². The molecule has 0 heterocycles. The van der Waals surface area contributed by atoms with E-state index >= 15 is 0 Å². The Labute approximate surface area is 158 Å². The van der Waals surface area contributed by atoms with Gasteiger partial charge in [-0.2, -0.15) is 0 Å². The maximum Gasteiger partial charge on any atom is 0.304 e. The number of hydrogen-bond acceptors (Lipinski definition) is 5. The van der Waals surface area contributed by atoms with E-state index in [1.54, 1.807) is 26.0 Å². The Morgan fingerprint density at radius 1 is 1.07 bits per heavy atom. The number of aliphatic carboxylic acids is 1. The summed E-state index contributed by atoms with van der Waals surface area (Å²) in [4.78, 5) is 23.6. The molecule has 0 amide bonds. The lowest BCUT2D eigenvalue weighted by atomic mass is 9.94. The SMILES string of the molecule is COCOc1c(C(=O)C(C)CC(=O)O)ccc(OCc2ccccc2)c1C. The highest BCUT2D eigenvalue weighted by Gasteiger charge is 2.24. The summed E-state index contributed by atoms with van der Waals surface area (Å²) in [7, 11) is 1.49. The highest BCUT2D eigenvalue weighted by atomic mass is 16.7. The molecular weight excluding hydrogens is 348 g/mol. The molecule has 0 saturated carbocycles. The number of benzene rings is 2. The van der Waals surface area contributed by atoms with Crippen LogP contribution in [0.1, 0.15) is 34.8 Å². The number of carboxylic acid groups (broad SMARTS) is 1. The monoisotopic (exact) mass is 372 g/mol. The average Bonchev–Trinajstić information content (AvgIpc) is 2.65. The van der Waals surface area contributed by atoms with Crippen molar-refractivity contribution in [2.24, 2.45) is 5.92 Å². The van der Waals surface area contributed by atoms with Gasteiger partial charge in [0.1, 0.15) is 18.1 Å². The van der Waals surface area contributed by atoms with Crippen LogP contribution in [0.15, 0.2) is 42.5 Å². The van der Waals surface area contributed by atoms with Gasteiger partial charge < -0.3 is 19.3 Å². The van der Waals surface area contributed by atoms with Crippen LogP contribution >= 0.6 is 0 Å². The zero-order chi connectivity index (χ0) is 19.8.